The smallest absolute Gasteiger partial charge is 0.270 e. The van der Waals surface area contributed by atoms with E-state index in [4.69, 9.17) is 23.8 Å². The highest BCUT2D eigenvalue weighted by atomic mass is 35.5. The molecule has 0 unspecified atom stereocenters. The Balaban J connectivity index is 1.79. The highest BCUT2D eigenvalue weighted by molar-refractivity contribution is 8.26. The molecule has 0 aliphatic carbocycles. The average Bonchev–Trinajstić information content (AvgIpc) is 3.15. The van der Waals surface area contributed by atoms with E-state index in [0.29, 0.717) is 57.2 Å². The maximum Gasteiger partial charge on any atom is 0.270 e. The normalized spacial score (nSPS) is 14.3. The number of hydrogen-bond donors (Lipinski definition) is 1. The molecule has 9 heteroatoms. The summed E-state index contributed by atoms with van der Waals surface area (Å²) in [6, 6.07) is 19.2. The van der Waals surface area contributed by atoms with Crippen LogP contribution in [0.3, 0.4) is 0 Å². The third kappa shape index (κ3) is 5.64. The highest BCUT2D eigenvalue weighted by Crippen LogP contribution is 2.36. The number of carbonyl (C=O) groups is 1. The van der Waals surface area contributed by atoms with Gasteiger partial charge in [-0.05, 0) is 42.2 Å². The number of thioether (sulfide) groups is 1. The molecule has 6 nitrogen and oxygen atoms in total. The molecular formula is C28H25ClN4O2S2. The van der Waals surface area contributed by atoms with Gasteiger partial charge in [0.15, 0.2) is 0 Å². The second-order valence-electron chi connectivity index (χ2n) is 8.53. The van der Waals surface area contributed by atoms with Gasteiger partial charge in [0.2, 0.25) is 0 Å². The van der Waals surface area contributed by atoms with Crippen molar-refractivity contribution in [3.63, 3.8) is 0 Å². The lowest BCUT2D eigenvalue weighted by molar-refractivity contribution is -0.122. The largest absolute Gasteiger partial charge is 0.367 e. The number of benzene rings is 2. The predicted molar refractivity (Wildman–Crippen MR) is 154 cm³/mol. The number of halogens is 1. The number of nitrogens with zero attached hydrogens (tertiary/aromatic N) is 3. The van der Waals surface area contributed by atoms with Crippen molar-refractivity contribution in [2.45, 2.75) is 39.9 Å². The molecule has 0 atom stereocenters. The second kappa shape index (κ2) is 11.8. The third-order valence-corrected chi connectivity index (χ3v) is 7.81. The van der Waals surface area contributed by atoms with Crippen LogP contribution in [0, 0.1) is 18.3 Å². The fourth-order valence-corrected chi connectivity index (χ4v) is 5.58. The molecule has 1 aliphatic heterocycles. The monoisotopic (exact) mass is 548 g/mol. The van der Waals surface area contributed by atoms with Gasteiger partial charge in [0.1, 0.15) is 21.8 Å². The van der Waals surface area contributed by atoms with Crippen molar-refractivity contribution in [3.8, 4) is 6.07 Å². The number of pyridine rings is 1. The molecule has 37 heavy (non-hydrogen) atoms. The summed E-state index contributed by atoms with van der Waals surface area (Å²) in [5.74, 6) is 0.332. The number of amides is 1. The Morgan fingerprint density at radius 2 is 1.84 bits per heavy atom. The van der Waals surface area contributed by atoms with Crippen LogP contribution in [0.5, 0.6) is 0 Å². The van der Waals surface area contributed by atoms with E-state index in [0.717, 1.165) is 11.1 Å². The van der Waals surface area contributed by atoms with Gasteiger partial charge in [-0.3, -0.25) is 19.1 Å². The van der Waals surface area contributed by atoms with Gasteiger partial charge in [0.05, 0.1) is 11.4 Å². The lowest BCUT2D eigenvalue weighted by Gasteiger charge is -2.20. The minimum Gasteiger partial charge on any atom is -0.367 e. The van der Waals surface area contributed by atoms with Crippen molar-refractivity contribution in [1.82, 2.24) is 9.47 Å². The molecule has 1 aliphatic rings. The van der Waals surface area contributed by atoms with Gasteiger partial charge >= 0.3 is 0 Å². The van der Waals surface area contributed by atoms with Crippen LogP contribution in [-0.4, -0.2) is 19.7 Å². The lowest BCUT2D eigenvalue weighted by atomic mass is 10.0. The van der Waals surface area contributed by atoms with Crippen LogP contribution in [0.25, 0.3) is 6.08 Å². The Morgan fingerprint density at radius 1 is 1.14 bits per heavy atom. The minimum absolute atomic E-state index is 0.0581. The van der Waals surface area contributed by atoms with Gasteiger partial charge in [-0.1, -0.05) is 91.0 Å². The number of thiocarbonyl (C=S) groups is 1. The molecule has 0 bridgehead atoms. The minimum atomic E-state index is -0.364. The molecule has 0 radical (unpaired) electrons. The summed E-state index contributed by atoms with van der Waals surface area (Å²) in [6.45, 7) is 4.84. The first-order valence-corrected chi connectivity index (χ1v) is 13.4. The van der Waals surface area contributed by atoms with Crippen molar-refractivity contribution < 1.29 is 4.79 Å². The van der Waals surface area contributed by atoms with Crippen molar-refractivity contribution in [2.24, 2.45) is 0 Å². The third-order valence-electron chi connectivity index (χ3n) is 6.06. The first-order valence-electron chi connectivity index (χ1n) is 11.8. The molecule has 3 aromatic rings. The first kappa shape index (κ1) is 26.7. The first-order chi connectivity index (χ1) is 17.8. The highest BCUT2D eigenvalue weighted by Gasteiger charge is 2.33. The van der Waals surface area contributed by atoms with E-state index in [1.54, 1.807) is 28.5 Å². The van der Waals surface area contributed by atoms with Crippen LogP contribution < -0.4 is 10.9 Å². The molecule has 1 saturated heterocycles. The summed E-state index contributed by atoms with van der Waals surface area (Å²) in [6.07, 6.45) is 2.42. The average molecular weight is 549 g/mol. The second-order valence-corrected chi connectivity index (χ2v) is 10.6. The summed E-state index contributed by atoms with van der Waals surface area (Å²) in [4.78, 5) is 28.6. The Hall–Kier alpha value is -3.38. The molecule has 4 rings (SSSR count). The molecule has 0 spiro atoms. The lowest BCUT2D eigenvalue weighted by Crippen LogP contribution is -2.28. The maximum absolute atomic E-state index is 13.4. The maximum atomic E-state index is 13.4. The number of rotatable bonds is 8. The van der Waals surface area contributed by atoms with E-state index in [9.17, 15) is 14.9 Å². The quantitative estimate of drug-likeness (QED) is 0.270. The van der Waals surface area contributed by atoms with E-state index in [-0.39, 0.29) is 17.0 Å². The number of nitriles is 1. The fourth-order valence-electron chi connectivity index (χ4n) is 4.14. The number of carbonyl (C=O) groups excluding carboxylic acids is 1. The predicted octanol–water partition coefficient (Wildman–Crippen LogP) is 6.11. The summed E-state index contributed by atoms with van der Waals surface area (Å²) >= 11 is 13.1. The molecule has 1 N–H and O–H groups in total. The van der Waals surface area contributed by atoms with E-state index in [1.807, 2.05) is 55.5 Å². The molecule has 1 fully saturated rings. The van der Waals surface area contributed by atoms with Crippen molar-refractivity contribution in [1.29, 1.82) is 5.26 Å². The van der Waals surface area contributed by atoms with E-state index in [1.165, 1.54) is 11.8 Å². The zero-order chi connectivity index (χ0) is 26.5. The van der Waals surface area contributed by atoms with Gasteiger partial charge < -0.3 is 5.32 Å². The number of hydrogen-bond acceptors (Lipinski definition) is 6. The van der Waals surface area contributed by atoms with E-state index in [2.05, 4.69) is 11.4 Å². The van der Waals surface area contributed by atoms with Crippen molar-refractivity contribution in [3.05, 3.63) is 103 Å². The van der Waals surface area contributed by atoms with Gasteiger partial charge in [0, 0.05) is 23.7 Å². The topological polar surface area (TPSA) is 78.1 Å². The Morgan fingerprint density at radius 3 is 2.51 bits per heavy atom. The van der Waals surface area contributed by atoms with Crippen LogP contribution in [0.4, 0.5) is 5.82 Å². The van der Waals surface area contributed by atoms with Gasteiger partial charge in [-0.25, -0.2) is 0 Å². The Labute approximate surface area is 230 Å². The van der Waals surface area contributed by atoms with Crippen molar-refractivity contribution in [2.75, 3.05) is 5.32 Å². The number of aromatic nitrogens is 1. The number of nitrogens with one attached hydrogen (secondary N) is 1. The zero-order valence-corrected chi connectivity index (χ0v) is 22.8. The fraction of sp³-hybridized carbons (Fsp3) is 0.214. The summed E-state index contributed by atoms with van der Waals surface area (Å²) < 4.78 is 2.03. The van der Waals surface area contributed by atoms with Gasteiger partial charge in [-0.2, -0.15) is 5.26 Å². The van der Waals surface area contributed by atoms with Crippen molar-refractivity contribution >= 4 is 57.7 Å². The molecule has 1 aromatic heterocycles. The number of anilines is 1. The SMILES string of the molecule is CCCn1c(NCc2ccccc2Cl)c(/C=C2/SC(=S)N(Cc3ccccc3)C2=O)c(C)c(C#N)c1=O. The van der Waals surface area contributed by atoms with E-state index < -0.39 is 0 Å². The van der Waals surface area contributed by atoms with Crippen LogP contribution in [0.2, 0.25) is 5.02 Å². The summed E-state index contributed by atoms with van der Waals surface area (Å²) in [7, 11) is 0. The molecular weight excluding hydrogens is 524 g/mol. The van der Waals surface area contributed by atoms with Crippen LogP contribution in [0.15, 0.2) is 64.3 Å². The molecule has 1 amide bonds. The molecule has 2 heterocycles. The Kier molecular flexibility index (Phi) is 8.49. The standard InChI is InChI=1S/C28H25ClN4O2S2/c1-3-13-32-25(31-16-20-11-7-8-12-23(20)29)21(18(2)22(15-30)26(32)34)14-24-27(35)33(28(36)37-24)17-19-9-5-4-6-10-19/h4-12,14,31H,3,13,16-17H2,1-2H3/b24-14+. The van der Waals surface area contributed by atoms with Gasteiger partial charge in [0.25, 0.3) is 11.5 Å². The molecule has 0 saturated carbocycles. The Bertz CT molecular complexity index is 1490. The molecule has 2 aromatic carbocycles. The summed E-state index contributed by atoms with van der Waals surface area (Å²) in [5.41, 5.74) is 2.65. The van der Waals surface area contributed by atoms with Gasteiger partial charge in [-0.15, -0.1) is 0 Å². The van der Waals surface area contributed by atoms with Crippen LogP contribution in [-0.2, 0) is 24.4 Å². The van der Waals surface area contributed by atoms with Crippen LogP contribution in [0.1, 0.15) is 41.2 Å². The zero-order valence-electron chi connectivity index (χ0n) is 20.5. The molecule has 188 valence electrons. The van der Waals surface area contributed by atoms with E-state index >= 15 is 0 Å². The van der Waals surface area contributed by atoms with Crippen LogP contribution >= 0.6 is 35.6 Å². The summed E-state index contributed by atoms with van der Waals surface area (Å²) in [5, 5.41) is 13.8.